The maximum Gasteiger partial charge on any atom is 0.328 e. The first-order valence-electron chi connectivity index (χ1n) is 5.68. The zero-order chi connectivity index (χ0) is 13.3. The van der Waals surface area contributed by atoms with E-state index in [-0.39, 0.29) is 19.1 Å². The Labute approximate surface area is 104 Å². The van der Waals surface area contributed by atoms with Crippen LogP contribution in [0.15, 0.2) is 10.7 Å². The van der Waals surface area contributed by atoms with Crippen molar-refractivity contribution in [2.24, 2.45) is 0 Å². The highest BCUT2D eigenvalue weighted by molar-refractivity contribution is 5.98. The van der Waals surface area contributed by atoms with Crippen LogP contribution in [0.2, 0.25) is 0 Å². The zero-order valence-electron chi connectivity index (χ0n) is 10.3. The van der Waals surface area contributed by atoms with Crippen molar-refractivity contribution < 1.29 is 23.8 Å². The molecule has 6 nitrogen and oxygen atoms in total. The number of furan rings is 1. The third-order valence-electron chi connectivity index (χ3n) is 3.05. The first-order chi connectivity index (χ1) is 8.52. The molecule has 1 aliphatic heterocycles. The van der Waals surface area contributed by atoms with E-state index in [4.69, 9.17) is 14.3 Å². The molecule has 1 aromatic rings. The molecule has 1 saturated heterocycles. The molecule has 1 aliphatic rings. The minimum absolute atomic E-state index is 0.0248. The summed E-state index contributed by atoms with van der Waals surface area (Å²) in [4.78, 5) is 24.8. The van der Waals surface area contributed by atoms with E-state index in [1.807, 2.05) is 0 Å². The number of aryl methyl sites for hydroxylation is 2. The smallest absolute Gasteiger partial charge is 0.328 e. The van der Waals surface area contributed by atoms with Gasteiger partial charge < -0.3 is 19.2 Å². The van der Waals surface area contributed by atoms with Crippen molar-refractivity contribution in [3.63, 3.8) is 0 Å². The van der Waals surface area contributed by atoms with Gasteiger partial charge in [-0.3, -0.25) is 4.79 Å². The largest absolute Gasteiger partial charge is 0.480 e. The van der Waals surface area contributed by atoms with E-state index < -0.39 is 12.0 Å². The van der Waals surface area contributed by atoms with Gasteiger partial charge in [0.1, 0.15) is 5.76 Å². The van der Waals surface area contributed by atoms with E-state index in [0.29, 0.717) is 23.5 Å². The van der Waals surface area contributed by atoms with Crippen molar-refractivity contribution in [3.05, 3.63) is 23.2 Å². The Kier molecular flexibility index (Phi) is 3.38. The molecular weight excluding hydrogens is 238 g/mol. The Morgan fingerprint density at radius 1 is 1.44 bits per heavy atom. The van der Waals surface area contributed by atoms with E-state index in [1.165, 1.54) is 11.2 Å². The molecule has 18 heavy (non-hydrogen) atoms. The Bertz CT molecular complexity index is 459. The SMILES string of the molecule is Cc1coc(C)c1C(=O)N1CCOCC1C(=O)O. The molecule has 0 aliphatic carbocycles. The molecule has 2 rings (SSSR count). The molecular formula is C12H15NO5. The summed E-state index contributed by atoms with van der Waals surface area (Å²) in [7, 11) is 0. The quantitative estimate of drug-likeness (QED) is 0.844. The van der Waals surface area contributed by atoms with Gasteiger partial charge in [-0.05, 0) is 13.8 Å². The Hall–Kier alpha value is -1.82. The maximum absolute atomic E-state index is 12.4. The van der Waals surface area contributed by atoms with Crippen LogP contribution >= 0.6 is 0 Å². The molecule has 6 heteroatoms. The van der Waals surface area contributed by atoms with Crippen LogP contribution in [-0.4, -0.2) is 47.7 Å². The molecule has 2 heterocycles. The van der Waals surface area contributed by atoms with Gasteiger partial charge >= 0.3 is 5.97 Å². The second kappa shape index (κ2) is 4.81. The number of amides is 1. The van der Waals surface area contributed by atoms with Gasteiger partial charge in [0.2, 0.25) is 0 Å². The van der Waals surface area contributed by atoms with Gasteiger partial charge in [0.25, 0.3) is 5.91 Å². The van der Waals surface area contributed by atoms with Crippen molar-refractivity contribution in [3.8, 4) is 0 Å². The molecule has 1 aromatic heterocycles. The average Bonchev–Trinajstić information content (AvgIpc) is 2.68. The summed E-state index contributed by atoms with van der Waals surface area (Å²) in [6.45, 7) is 4.11. The van der Waals surface area contributed by atoms with Gasteiger partial charge in [0.15, 0.2) is 6.04 Å². The van der Waals surface area contributed by atoms with E-state index in [1.54, 1.807) is 13.8 Å². The number of carboxylic acid groups (broad SMARTS) is 1. The third kappa shape index (κ3) is 2.11. The van der Waals surface area contributed by atoms with Crippen LogP contribution < -0.4 is 0 Å². The Morgan fingerprint density at radius 2 is 2.17 bits per heavy atom. The summed E-state index contributed by atoms with van der Waals surface area (Å²) in [5.41, 5.74) is 1.16. The first-order valence-corrected chi connectivity index (χ1v) is 5.68. The zero-order valence-corrected chi connectivity index (χ0v) is 10.3. The minimum atomic E-state index is -1.05. The molecule has 1 atom stereocenters. The van der Waals surface area contributed by atoms with Gasteiger partial charge in [0, 0.05) is 12.1 Å². The van der Waals surface area contributed by atoms with Crippen molar-refractivity contribution in [1.82, 2.24) is 4.90 Å². The Morgan fingerprint density at radius 3 is 2.72 bits per heavy atom. The fourth-order valence-electron chi connectivity index (χ4n) is 2.09. The van der Waals surface area contributed by atoms with Gasteiger partial charge in [-0.25, -0.2) is 4.79 Å². The predicted molar refractivity (Wildman–Crippen MR) is 61.5 cm³/mol. The topological polar surface area (TPSA) is 80.0 Å². The van der Waals surface area contributed by atoms with Crippen molar-refractivity contribution >= 4 is 11.9 Å². The minimum Gasteiger partial charge on any atom is -0.480 e. The highest BCUT2D eigenvalue weighted by Gasteiger charge is 2.34. The molecule has 1 fully saturated rings. The van der Waals surface area contributed by atoms with Crippen molar-refractivity contribution in [1.29, 1.82) is 0 Å². The molecule has 98 valence electrons. The summed E-state index contributed by atoms with van der Waals surface area (Å²) in [6.07, 6.45) is 1.50. The van der Waals surface area contributed by atoms with E-state index in [0.717, 1.165) is 0 Å². The highest BCUT2D eigenvalue weighted by Crippen LogP contribution is 2.20. The number of hydrogen-bond donors (Lipinski definition) is 1. The van der Waals surface area contributed by atoms with Crippen molar-refractivity contribution in [2.75, 3.05) is 19.8 Å². The lowest BCUT2D eigenvalue weighted by atomic mass is 10.1. The van der Waals surface area contributed by atoms with Gasteiger partial charge in [-0.15, -0.1) is 0 Å². The molecule has 0 saturated carbocycles. The lowest BCUT2D eigenvalue weighted by molar-refractivity contribution is -0.147. The molecule has 0 bridgehead atoms. The molecule has 1 amide bonds. The predicted octanol–water partition coefficient (Wildman–Crippen LogP) is 0.822. The molecule has 1 unspecified atom stereocenters. The van der Waals surface area contributed by atoms with E-state index in [9.17, 15) is 9.59 Å². The highest BCUT2D eigenvalue weighted by atomic mass is 16.5. The average molecular weight is 253 g/mol. The molecule has 1 N–H and O–H groups in total. The summed E-state index contributed by atoms with van der Waals surface area (Å²) in [5, 5.41) is 9.10. The standard InChI is InChI=1S/C12H15NO5/c1-7-5-18-8(2)10(7)11(14)13-3-4-17-6-9(13)12(15)16/h5,9H,3-4,6H2,1-2H3,(H,15,16). The van der Waals surface area contributed by atoms with Crippen LogP contribution in [0, 0.1) is 13.8 Å². The Balaban J connectivity index is 2.29. The second-order valence-corrected chi connectivity index (χ2v) is 4.28. The lowest BCUT2D eigenvalue weighted by Crippen LogP contribution is -2.52. The number of carboxylic acids is 1. The fraction of sp³-hybridized carbons (Fsp3) is 0.500. The van der Waals surface area contributed by atoms with Crippen LogP contribution in [-0.2, 0) is 9.53 Å². The van der Waals surface area contributed by atoms with Crippen LogP contribution in [0.5, 0.6) is 0 Å². The number of aliphatic carboxylic acids is 1. The summed E-state index contributed by atoms with van der Waals surface area (Å²) >= 11 is 0. The maximum atomic E-state index is 12.4. The first kappa shape index (κ1) is 12.6. The van der Waals surface area contributed by atoms with E-state index in [2.05, 4.69) is 0 Å². The monoisotopic (exact) mass is 253 g/mol. The number of nitrogens with zero attached hydrogens (tertiary/aromatic N) is 1. The number of morpholine rings is 1. The normalized spacial score (nSPS) is 19.9. The number of carbonyl (C=O) groups is 2. The number of rotatable bonds is 2. The van der Waals surface area contributed by atoms with Gasteiger partial charge in [0.05, 0.1) is 25.0 Å². The van der Waals surface area contributed by atoms with Crippen LogP contribution in [0.1, 0.15) is 21.7 Å². The van der Waals surface area contributed by atoms with Crippen molar-refractivity contribution in [2.45, 2.75) is 19.9 Å². The molecule has 0 spiro atoms. The second-order valence-electron chi connectivity index (χ2n) is 4.28. The number of hydrogen-bond acceptors (Lipinski definition) is 4. The van der Waals surface area contributed by atoms with E-state index >= 15 is 0 Å². The van der Waals surface area contributed by atoms with Crippen LogP contribution in [0.25, 0.3) is 0 Å². The van der Waals surface area contributed by atoms with Gasteiger partial charge in [-0.1, -0.05) is 0 Å². The van der Waals surface area contributed by atoms with Crippen LogP contribution in [0.3, 0.4) is 0 Å². The summed E-state index contributed by atoms with van der Waals surface area (Å²) < 4.78 is 10.3. The van der Waals surface area contributed by atoms with Crippen LogP contribution in [0.4, 0.5) is 0 Å². The summed E-state index contributed by atoms with van der Waals surface area (Å²) in [5.74, 6) is -0.857. The van der Waals surface area contributed by atoms with Gasteiger partial charge in [-0.2, -0.15) is 0 Å². The lowest BCUT2D eigenvalue weighted by Gasteiger charge is -2.32. The number of carbonyl (C=O) groups excluding carboxylic acids is 1. The summed E-state index contributed by atoms with van der Waals surface area (Å²) in [6, 6.07) is -0.931. The third-order valence-corrected chi connectivity index (χ3v) is 3.05. The fourth-order valence-corrected chi connectivity index (χ4v) is 2.09. The number of ether oxygens (including phenoxy) is 1. The molecule has 0 radical (unpaired) electrons. The molecule has 0 aromatic carbocycles.